The molecule has 1 aliphatic heterocycles. The van der Waals surface area contributed by atoms with Crippen LogP contribution in [-0.2, 0) is 4.79 Å². The minimum atomic E-state index is -1.10. The molecule has 0 radical (unpaired) electrons. The Bertz CT molecular complexity index is 1170. The van der Waals surface area contributed by atoms with Crippen LogP contribution in [-0.4, -0.2) is 30.7 Å². The van der Waals surface area contributed by atoms with Gasteiger partial charge in [0.1, 0.15) is 10.7 Å². The van der Waals surface area contributed by atoms with Gasteiger partial charge in [-0.05, 0) is 41.8 Å². The fourth-order valence-corrected chi connectivity index (χ4v) is 5.08. The van der Waals surface area contributed by atoms with E-state index in [1.165, 1.54) is 24.3 Å². The van der Waals surface area contributed by atoms with Crippen molar-refractivity contribution in [2.45, 2.75) is 25.7 Å². The van der Waals surface area contributed by atoms with Gasteiger partial charge in [-0.3, -0.25) is 4.79 Å². The Labute approximate surface area is 188 Å². The number of ether oxygens (including phenoxy) is 2. The number of halogens is 1. The van der Waals surface area contributed by atoms with Gasteiger partial charge in [-0.25, -0.2) is 9.18 Å². The summed E-state index contributed by atoms with van der Waals surface area (Å²) in [4.78, 5) is 25.5. The van der Waals surface area contributed by atoms with E-state index < -0.39 is 11.8 Å². The highest BCUT2D eigenvalue weighted by Crippen LogP contribution is 2.50. The summed E-state index contributed by atoms with van der Waals surface area (Å²) in [6.45, 7) is 2.57. The van der Waals surface area contributed by atoms with Gasteiger partial charge in [0.05, 0.1) is 19.4 Å². The van der Waals surface area contributed by atoms with E-state index in [9.17, 15) is 19.1 Å². The summed E-state index contributed by atoms with van der Waals surface area (Å²) in [5.41, 5.74) is 2.21. The van der Waals surface area contributed by atoms with Crippen molar-refractivity contribution in [3.05, 3.63) is 63.6 Å². The van der Waals surface area contributed by atoms with Crippen LogP contribution in [0.4, 0.5) is 10.1 Å². The highest BCUT2D eigenvalue weighted by Gasteiger charge is 2.34. The van der Waals surface area contributed by atoms with E-state index in [2.05, 4.69) is 5.32 Å². The Kier molecular flexibility index (Phi) is 6.14. The van der Waals surface area contributed by atoms with Crippen molar-refractivity contribution in [2.75, 3.05) is 19.0 Å². The number of hydrogen-bond donors (Lipinski definition) is 2. The molecule has 1 aromatic heterocycles. The largest absolute Gasteiger partial charge is 0.493 e. The minimum Gasteiger partial charge on any atom is -0.493 e. The van der Waals surface area contributed by atoms with E-state index in [0.717, 1.165) is 28.2 Å². The lowest BCUT2D eigenvalue weighted by Gasteiger charge is -2.24. The van der Waals surface area contributed by atoms with Crippen LogP contribution in [0.5, 0.6) is 11.5 Å². The lowest BCUT2D eigenvalue weighted by Crippen LogP contribution is -2.22. The topological polar surface area (TPSA) is 84.9 Å². The molecule has 0 spiro atoms. The molecule has 166 valence electrons. The molecular weight excluding hydrogens is 433 g/mol. The molecule has 0 fully saturated rings. The molecule has 0 bridgehead atoms. The summed E-state index contributed by atoms with van der Waals surface area (Å²) in [6.07, 6.45) is 1.03. The predicted molar refractivity (Wildman–Crippen MR) is 121 cm³/mol. The zero-order valence-corrected chi connectivity index (χ0v) is 18.4. The maximum atomic E-state index is 13.4. The third kappa shape index (κ3) is 4.05. The minimum absolute atomic E-state index is 0.101. The fraction of sp³-hybridized carbons (Fsp3) is 0.250. The third-order valence-corrected chi connectivity index (χ3v) is 6.58. The first-order valence-corrected chi connectivity index (χ1v) is 11.0. The van der Waals surface area contributed by atoms with Crippen LogP contribution in [0.25, 0.3) is 11.1 Å². The predicted octanol–water partition coefficient (Wildman–Crippen LogP) is 5.52. The number of carbonyl (C=O) groups excluding carboxylic acids is 1. The average Bonchev–Trinajstić information content (AvgIpc) is 3.17. The summed E-state index contributed by atoms with van der Waals surface area (Å²) in [5.74, 6) is -0.914. The first-order valence-electron chi connectivity index (χ1n) is 10.2. The van der Waals surface area contributed by atoms with E-state index in [-0.39, 0.29) is 23.1 Å². The molecule has 2 heterocycles. The van der Waals surface area contributed by atoms with Crippen molar-refractivity contribution >= 4 is 28.9 Å². The fourth-order valence-electron chi connectivity index (χ4n) is 3.83. The van der Waals surface area contributed by atoms with Crippen molar-refractivity contribution in [2.24, 2.45) is 0 Å². The van der Waals surface area contributed by atoms with Crippen LogP contribution >= 0.6 is 11.3 Å². The van der Waals surface area contributed by atoms with E-state index in [1.54, 1.807) is 7.11 Å². The summed E-state index contributed by atoms with van der Waals surface area (Å²) in [7, 11) is 1.55. The summed E-state index contributed by atoms with van der Waals surface area (Å²) >= 11 is 1.13. The molecule has 8 heteroatoms. The van der Waals surface area contributed by atoms with Gasteiger partial charge in [-0.1, -0.05) is 25.1 Å². The van der Waals surface area contributed by atoms with Crippen molar-refractivity contribution in [3.63, 3.8) is 0 Å². The number of methoxy groups -OCH3 is 1. The smallest absolute Gasteiger partial charge is 0.346 e. The number of aromatic carboxylic acids is 1. The van der Waals surface area contributed by atoms with Crippen molar-refractivity contribution in [1.29, 1.82) is 0 Å². The number of fused-ring (bicyclic) bond motifs is 1. The zero-order valence-electron chi connectivity index (χ0n) is 17.6. The standard InChI is InChI=1S/C24H22FNO5S/c1-3-10-31-17-9-6-14(11-18(17)30-2)16-12-19(27)26-21-20(13-4-7-15(25)8-5-13)23(24(28)29)32-22(16)21/h4-9,11,16H,3,10,12H2,1-2H3,(H,26,27)(H,28,29)/t16-/m1/s1. The number of carboxylic acid groups (broad SMARTS) is 1. The van der Waals surface area contributed by atoms with Crippen LogP contribution in [0, 0.1) is 5.82 Å². The molecule has 1 aliphatic rings. The van der Waals surface area contributed by atoms with E-state index in [1.807, 2.05) is 25.1 Å². The summed E-state index contributed by atoms with van der Waals surface area (Å²) < 4.78 is 24.7. The van der Waals surface area contributed by atoms with E-state index >= 15 is 0 Å². The molecule has 2 aromatic carbocycles. The van der Waals surface area contributed by atoms with Gasteiger partial charge in [-0.2, -0.15) is 0 Å². The third-order valence-electron chi connectivity index (χ3n) is 5.28. The Morgan fingerprint density at radius 3 is 2.62 bits per heavy atom. The SMILES string of the molecule is CCCOc1ccc([C@H]2CC(=O)Nc3c2sc(C(=O)O)c3-c2ccc(F)cc2)cc1OC. The number of thiophene rings is 1. The zero-order chi connectivity index (χ0) is 22.8. The van der Waals surface area contributed by atoms with Crippen molar-refractivity contribution in [3.8, 4) is 22.6 Å². The van der Waals surface area contributed by atoms with Crippen LogP contribution < -0.4 is 14.8 Å². The molecule has 32 heavy (non-hydrogen) atoms. The number of rotatable bonds is 7. The molecular formula is C24H22FNO5S. The second kappa shape index (κ2) is 9.00. The maximum absolute atomic E-state index is 13.4. The quantitative estimate of drug-likeness (QED) is 0.490. The van der Waals surface area contributed by atoms with Gasteiger partial charge in [0.15, 0.2) is 11.5 Å². The van der Waals surface area contributed by atoms with Crippen LogP contribution in [0.2, 0.25) is 0 Å². The monoisotopic (exact) mass is 455 g/mol. The molecule has 0 aliphatic carbocycles. The van der Waals surface area contributed by atoms with Crippen LogP contribution in [0.3, 0.4) is 0 Å². The normalized spacial score (nSPS) is 15.1. The van der Waals surface area contributed by atoms with E-state index in [4.69, 9.17) is 9.47 Å². The average molecular weight is 456 g/mol. The van der Waals surface area contributed by atoms with Gasteiger partial charge in [0, 0.05) is 22.8 Å². The number of nitrogens with one attached hydrogen (secondary N) is 1. The number of carbonyl (C=O) groups is 2. The summed E-state index contributed by atoms with van der Waals surface area (Å²) in [5, 5.41) is 12.7. The molecule has 1 atom stereocenters. The van der Waals surface area contributed by atoms with Crippen molar-refractivity contribution < 1.29 is 28.6 Å². The number of anilines is 1. The molecule has 2 N–H and O–H groups in total. The molecule has 0 saturated carbocycles. The van der Waals surface area contributed by atoms with E-state index in [0.29, 0.717) is 34.9 Å². The lowest BCUT2D eigenvalue weighted by molar-refractivity contribution is -0.116. The second-order valence-electron chi connectivity index (χ2n) is 7.42. The van der Waals surface area contributed by atoms with Gasteiger partial charge in [0.25, 0.3) is 0 Å². The molecule has 0 unspecified atom stereocenters. The second-order valence-corrected chi connectivity index (χ2v) is 8.47. The van der Waals surface area contributed by atoms with Gasteiger partial charge in [0.2, 0.25) is 5.91 Å². The number of hydrogen-bond acceptors (Lipinski definition) is 5. The number of benzene rings is 2. The van der Waals surface area contributed by atoms with Crippen LogP contribution in [0.15, 0.2) is 42.5 Å². The molecule has 6 nitrogen and oxygen atoms in total. The lowest BCUT2D eigenvalue weighted by atomic mass is 9.88. The van der Waals surface area contributed by atoms with Crippen molar-refractivity contribution in [1.82, 2.24) is 0 Å². The molecule has 4 rings (SSSR count). The first-order chi connectivity index (χ1) is 15.4. The number of carboxylic acids is 1. The summed E-state index contributed by atoms with van der Waals surface area (Å²) in [6, 6.07) is 11.1. The molecule has 3 aromatic rings. The van der Waals surface area contributed by atoms with Gasteiger partial charge >= 0.3 is 5.97 Å². The van der Waals surface area contributed by atoms with Crippen LogP contribution in [0.1, 0.15) is 45.8 Å². The Morgan fingerprint density at radius 1 is 1.22 bits per heavy atom. The number of amides is 1. The van der Waals surface area contributed by atoms with Gasteiger partial charge < -0.3 is 19.9 Å². The van der Waals surface area contributed by atoms with Gasteiger partial charge in [-0.15, -0.1) is 11.3 Å². The first kappa shape index (κ1) is 21.8. The highest BCUT2D eigenvalue weighted by atomic mass is 32.1. The Morgan fingerprint density at radius 2 is 1.97 bits per heavy atom. The highest BCUT2D eigenvalue weighted by molar-refractivity contribution is 7.15. The Balaban J connectivity index is 1.83. The molecule has 1 amide bonds. The Hall–Kier alpha value is -3.39. The maximum Gasteiger partial charge on any atom is 0.346 e. The molecule has 0 saturated heterocycles.